The molecule has 2 N–H and O–H groups in total. The zero-order chi connectivity index (χ0) is 28.6. The predicted molar refractivity (Wildman–Crippen MR) is 124 cm³/mol. The smallest absolute Gasteiger partial charge is 0.327 e. The Kier molecular flexibility index (Phi) is 7.37. The summed E-state index contributed by atoms with van der Waals surface area (Å²) in [6.45, 7) is 0.413. The maximum absolute atomic E-state index is 15.1. The van der Waals surface area contributed by atoms with Crippen LogP contribution in [-0.2, 0) is 27.4 Å². The third-order valence-electron chi connectivity index (χ3n) is 5.95. The highest BCUT2D eigenvalue weighted by molar-refractivity contribution is 5.98. The van der Waals surface area contributed by atoms with E-state index < -0.39 is 54.3 Å². The van der Waals surface area contributed by atoms with Crippen molar-refractivity contribution in [2.45, 2.75) is 32.5 Å². The summed E-state index contributed by atoms with van der Waals surface area (Å²) >= 11 is 0. The lowest BCUT2D eigenvalue weighted by molar-refractivity contribution is -0.201. The van der Waals surface area contributed by atoms with Crippen molar-refractivity contribution in [1.82, 2.24) is 14.3 Å². The van der Waals surface area contributed by atoms with Crippen LogP contribution in [0.2, 0.25) is 0 Å². The van der Waals surface area contributed by atoms with Crippen LogP contribution in [0.25, 0.3) is 16.8 Å². The summed E-state index contributed by atoms with van der Waals surface area (Å²) in [4.78, 5) is 40.5. The third-order valence-corrected chi connectivity index (χ3v) is 5.95. The Morgan fingerprint density at radius 2 is 1.82 bits per heavy atom. The van der Waals surface area contributed by atoms with Crippen molar-refractivity contribution in [1.29, 1.82) is 0 Å². The lowest BCUT2D eigenvalue weighted by Crippen LogP contribution is -2.41. The summed E-state index contributed by atoms with van der Waals surface area (Å²) in [6, 6.07) is 6.82. The number of aromatic nitrogens is 3. The fourth-order valence-electron chi connectivity index (χ4n) is 4.07. The van der Waals surface area contributed by atoms with Gasteiger partial charge >= 0.3 is 17.8 Å². The molecule has 0 spiro atoms. The molecule has 1 aliphatic rings. The molecule has 0 saturated carbocycles. The fourth-order valence-corrected chi connectivity index (χ4v) is 4.07. The fraction of sp³-hybridized carbons (Fsp3) is 0.250. The molecule has 1 aromatic heterocycles. The van der Waals surface area contributed by atoms with Gasteiger partial charge in [-0.2, -0.15) is 27.1 Å². The normalized spacial score (nSPS) is 13.3. The molecule has 9 nitrogen and oxygen atoms in total. The lowest BCUT2D eigenvalue weighted by Gasteiger charge is -2.29. The summed E-state index contributed by atoms with van der Waals surface area (Å²) in [5, 5.41) is 4.05. The number of halogens is 6. The Hall–Kier alpha value is -4.40. The zero-order valence-electron chi connectivity index (χ0n) is 20.1. The molecular formula is C24H19F6N5O4. The maximum Gasteiger partial charge on any atom is 0.493 e. The number of nitrogens with two attached hydrogens (primary N) is 1. The van der Waals surface area contributed by atoms with E-state index in [1.54, 1.807) is 0 Å². The lowest BCUT2D eigenvalue weighted by atomic mass is 9.93. The van der Waals surface area contributed by atoms with Crippen LogP contribution in [-0.4, -0.2) is 38.9 Å². The van der Waals surface area contributed by atoms with Crippen LogP contribution in [0, 0.1) is 12.7 Å². The van der Waals surface area contributed by atoms with Crippen molar-refractivity contribution in [3.63, 3.8) is 0 Å². The Labute approximate surface area is 215 Å². The minimum absolute atomic E-state index is 0.0146. The number of fused-ring (bicyclic) bond motifs is 1. The molecule has 4 rings (SSSR count). The number of rotatable bonds is 6. The molecule has 1 aliphatic heterocycles. The van der Waals surface area contributed by atoms with Gasteiger partial charge in [0.2, 0.25) is 0 Å². The number of carbonyl (C=O) groups excluding carboxylic acids is 2. The summed E-state index contributed by atoms with van der Waals surface area (Å²) in [5.41, 5.74) is 5.10. The highest BCUT2D eigenvalue weighted by Crippen LogP contribution is 2.37. The molecule has 39 heavy (non-hydrogen) atoms. The van der Waals surface area contributed by atoms with Gasteiger partial charge in [0.25, 0.3) is 12.0 Å². The van der Waals surface area contributed by atoms with Gasteiger partial charge in [-0.1, -0.05) is 6.07 Å². The van der Waals surface area contributed by atoms with E-state index in [0.29, 0.717) is 26.4 Å². The van der Waals surface area contributed by atoms with Gasteiger partial charge in [0.1, 0.15) is 12.1 Å². The van der Waals surface area contributed by atoms with E-state index in [0.717, 1.165) is 17.0 Å². The van der Waals surface area contributed by atoms with E-state index in [-0.39, 0.29) is 29.8 Å². The van der Waals surface area contributed by atoms with Gasteiger partial charge in [-0.05, 0) is 59.9 Å². The molecule has 2 heterocycles. The number of hydroxylamine groups is 1. The Morgan fingerprint density at radius 3 is 2.44 bits per heavy atom. The molecule has 0 fully saturated rings. The van der Waals surface area contributed by atoms with Crippen molar-refractivity contribution in [3.05, 3.63) is 75.7 Å². The predicted octanol–water partition coefficient (Wildman–Crippen LogP) is 3.56. The average Bonchev–Trinajstić information content (AvgIpc) is 3.22. The summed E-state index contributed by atoms with van der Waals surface area (Å²) in [5.74, 6) is -4.24. The first-order valence-electron chi connectivity index (χ1n) is 11.2. The van der Waals surface area contributed by atoms with Crippen LogP contribution in [0.1, 0.15) is 17.5 Å². The van der Waals surface area contributed by atoms with Gasteiger partial charge in [-0.15, -0.1) is 5.06 Å². The number of aryl methyl sites for hydroxylation is 2. The van der Waals surface area contributed by atoms with Crippen LogP contribution in [0.15, 0.2) is 53.1 Å². The first-order valence-corrected chi connectivity index (χ1v) is 11.2. The number of hydrogen-bond donors (Lipinski definition) is 1. The van der Waals surface area contributed by atoms with E-state index in [1.807, 2.05) is 0 Å². The molecule has 0 bridgehead atoms. The second kappa shape index (κ2) is 10.4. The van der Waals surface area contributed by atoms with E-state index in [9.17, 15) is 36.3 Å². The number of hydrogen-bond acceptors (Lipinski definition) is 6. The number of nitrogens with zero attached hydrogens (tertiary/aromatic N) is 4. The number of anilines is 1. The van der Waals surface area contributed by atoms with Crippen molar-refractivity contribution in [3.8, 4) is 16.8 Å². The molecular weight excluding hydrogens is 536 g/mol. The van der Waals surface area contributed by atoms with Gasteiger partial charge in [0, 0.05) is 18.5 Å². The molecule has 15 heteroatoms. The van der Waals surface area contributed by atoms with Crippen LogP contribution in [0.4, 0.5) is 32.0 Å². The van der Waals surface area contributed by atoms with Crippen molar-refractivity contribution >= 4 is 17.6 Å². The second-order valence-corrected chi connectivity index (χ2v) is 8.54. The number of alkyl halides is 3. The summed E-state index contributed by atoms with van der Waals surface area (Å²) < 4.78 is 80.6. The standard InChI is InChI=1S/C24H19F6N5O4/c1-12-6-15(7-14-3-5-19(36)35(20(12)14)39-22(37)24(28,29)30)13-2-4-18(17(25)8-13)33-11-32-34(23(33)38)10-16(9-31)21(26)27/h2,4,6-8,11H,3,5,9-10,31H2,1H3. The Bertz CT molecular complexity index is 1560. The summed E-state index contributed by atoms with van der Waals surface area (Å²) in [6.07, 6.45) is -6.47. The zero-order valence-corrected chi connectivity index (χ0v) is 20.1. The van der Waals surface area contributed by atoms with Gasteiger partial charge in [0.15, 0.2) is 0 Å². The third kappa shape index (κ3) is 5.43. The van der Waals surface area contributed by atoms with Crippen molar-refractivity contribution in [2.75, 3.05) is 11.6 Å². The van der Waals surface area contributed by atoms with Crippen molar-refractivity contribution < 1.29 is 40.8 Å². The van der Waals surface area contributed by atoms with Crippen molar-refractivity contribution in [2.24, 2.45) is 5.73 Å². The number of benzene rings is 2. The Balaban J connectivity index is 1.66. The van der Waals surface area contributed by atoms with E-state index in [2.05, 4.69) is 9.94 Å². The van der Waals surface area contributed by atoms with Crippen LogP contribution < -0.4 is 16.5 Å². The quantitative estimate of drug-likeness (QED) is 0.466. The molecule has 2 aromatic carbocycles. The highest BCUT2D eigenvalue weighted by atomic mass is 19.4. The largest absolute Gasteiger partial charge is 0.493 e. The monoisotopic (exact) mass is 555 g/mol. The Morgan fingerprint density at radius 1 is 1.10 bits per heavy atom. The topological polar surface area (TPSA) is 112 Å². The maximum atomic E-state index is 15.1. The molecule has 3 aromatic rings. The molecule has 0 saturated heterocycles. The minimum Gasteiger partial charge on any atom is -0.327 e. The molecule has 0 atom stereocenters. The molecule has 0 aliphatic carbocycles. The highest BCUT2D eigenvalue weighted by Gasteiger charge is 2.44. The first kappa shape index (κ1) is 27.6. The van der Waals surface area contributed by atoms with Gasteiger partial charge in [0.05, 0.1) is 17.9 Å². The van der Waals surface area contributed by atoms with Crippen LogP contribution >= 0.6 is 0 Å². The molecule has 0 radical (unpaired) electrons. The van der Waals surface area contributed by atoms with E-state index in [1.165, 1.54) is 31.2 Å². The van der Waals surface area contributed by atoms with Gasteiger partial charge in [-0.25, -0.2) is 23.2 Å². The van der Waals surface area contributed by atoms with E-state index in [4.69, 9.17) is 5.73 Å². The second-order valence-electron chi connectivity index (χ2n) is 8.54. The first-order chi connectivity index (χ1) is 18.3. The average molecular weight is 555 g/mol. The molecule has 206 valence electrons. The van der Waals surface area contributed by atoms with Crippen LogP contribution in [0.3, 0.4) is 0 Å². The SMILES string of the molecule is Cc1cc(-c2ccc(-n3cnn(CC(CN)=C(F)F)c3=O)c(F)c2)cc2c1N(OC(=O)C(F)(F)F)C(=O)CC2. The minimum atomic E-state index is -5.31. The van der Waals surface area contributed by atoms with Gasteiger partial charge < -0.3 is 10.6 Å². The van der Waals surface area contributed by atoms with Gasteiger partial charge in [-0.3, -0.25) is 4.79 Å². The molecule has 0 unspecified atom stereocenters. The molecule has 1 amide bonds. The van der Waals surface area contributed by atoms with Crippen LogP contribution in [0.5, 0.6) is 0 Å². The number of amides is 1. The van der Waals surface area contributed by atoms with E-state index >= 15 is 4.39 Å². The summed E-state index contributed by atoms with van der Waals surface area (Å²) in [7, 11) is 0. The number of carbonyl (C=O) groups is 2.